The van der Waals surface area contributed by atoms with Gasteiger partial charge in [0.05, 0.1) is 12.5 Å². The van der Waals surface area contributed by atoms with Gasteiger partial charge in [0.2, 0.25) is 0 Å². The Labute approximate surface area is 99.2 Å². The third-order valence-electron chi connectivity index (χ3n) is 3.57. The van der Waals surface area contributed by atoms with Crippen molar-refractivity contribution in [3.63, 3.8) is 0 Å². The first kappa shape index (κ1) is 11.9. The zero-order chi connectivity index (χ0) is 12.5. The van der Waals surface area contributed by atoms with Crippen LogP contribution in [0, 0.1) is 5.82 Å². The van der Waals surface area contributed by atoms with Crippen molar-refractivity contribution in [1.82, 2.24) is 0 Å². The predicted molar refractivity (Wildman–Crippen MR) is 60.7 cm³/mol. The molecule has 0 radical (unpaired) electrons. The molecular formula is C13H15FO3. The predicted octanol–water partition coefficient (Wildman–Crippen LogP) is 2.73. The van der Waals surface area contributed by atoms with Crippen LogP contribution in [0.4, 0.5) is 4.39 Å². The number of carboxylic acid groups (broad SMARTS) is 1. The molecule has 0 aliphatic heterocycles. The number of carboxylic acids is 1. The highest BCUT2D eigenvalue weighted by molar-refractivity contribution is 5.82. The minimum Gasteiger partial charge on any atom is -0.494 e. The highest BCUT2D eigenvalue weighted by atomic mass is 19.1. The fourth-order valence-electron chi connectivity index (χ4n) is 2.56. The molecule has 1 aromatic rings. The lowest BCUT2D eigenvalue weighted by Gasteiger charge is -2.24. The number of aliphatic carboxylic acids is 1. The van der Waals surface area contributed by atoms with Crippen LogP contribution in [-0.2, 0) is 10.2 Å². The van der Waals surface area contributed by atoms with Crippen LogP contribution in [-0.4, -0.2) is 18.2 Å². The van der Waals surface area contributed by atoms with Crippen LogP contribution < -0.4 is 4.74 Å². The van der Waals surface area contributed by atoms with Gasteiger partial charge in [-0.25, -0.2) is 4.39 Å². The van der Waals surface area contributed by atoms with E-state index in [4.69, 9.17) is 4.74 Å². The molecule has 0 aromatic heterocycles. The summed E-state index contributed by atoms with van der Waals surface area (Å²) in [5.74, 6) is -1.19. The molecule has 0 atom stereocenters. The molecule has 4 heteroatoms. The number of benzene rings is 1. The topological polar surface area (TPSA) is 46.5 Å². The Balaban J connectivity index is 2.47. The third-order valence-corrected chi connectivity index (χ3v) is 3.57. The van der Waals surface area contributed by atoms with Gasteiger partial charge in [-0.1, -0.05) is 18.9 Å². The Morgan fingerprint density at radius 2 is 2.06 bits per heavy atom. The van der Waals surface area contributed by atoms with Gasteiger partial charge in [0.1, 0.15) is 0 Å². The summed E-state index contributed by atoms with van der Waals surface area (Å²) in [6.45, 7) is 0. The summed E-state index contributed by atoms with van der Waals surface area (Å²) < 4.78 is 18.2. The van der Waals surface area contributed by atoms with Gasteiger partial charge in [-0.3, -0.25) is 4.79 Å². The Bertz CT molecular complexity index is 436. The fraction of sp³-hybridized carbons (Fsp3) is 0.462. The van der Waals surface area contributed by atoms with Crippen molar-refractivity contribution in [3.8, 4) is 5.75 Å². The standard InChI is InChI=1S/C13H15FO3/c1-17-11-8-9(4-5-10(11)14)13(12(15)16)6-2-3-7-13/h4-5,8H,2-3,6-7H2,1H3,(H,15,16). The summed E-state index contributed by atoms with van der Waals surface area (Å²) in [4.78, 5) is 11.5. The summed E-state index contributed by atoms with van der Waals surface area (Å²) in [5.41, 5.74) is -0.221. The zero-order valence-electron chi connectivity index (χ0n) is 9.70. The highest BCUT2D eigenvalue weighted by Crippen LogP contribution is 2.42. The molecule has 0 bridgehead atoms. The minimum atomic E-state index is -0.860. The maximum Gasteiger partial charge on any atom is 0.314 e. The molecule has 1 saturated carbocycles. The van der Waals surface area contributed by atoms with E-state index in [0.717, 1.165) is 12.8 Å². The second-order valence-corrected chi connectivity index (χ2v) is 4.44. The van der Waals surface area contributed by atoms with Gasteiger partial charge in [-0.05, 0) is 30.5 Å². The van der Waals surface area contributed by atoms with Crippen molar-refractivity contribution < 1.29 is 19.0 Å². The van der Waals surface area contributed by atoms with Crippen LogP contribution in [0.5, 0.6) is 5.75 Å². The first-order valence-electron chi connectivity index (χ1n) is 5.67. The van der Waals surface area contributed by atoms with E-state index in [1.54, 1.807) is 6.07 Å². The van der Waals surface area contributed by atoms with Gasteiger partial charge in [0, 0.05) is 0 Å². The van der Waals surface area contributed by atoms with Gasteiger partial charge in [-0.2, -0.15) is 0 Å². The highest BCUT2D eigenvalue weighted by Gasteiger charge is 2.43. The number of methoxy groups -OCH3 is 1. The number of carbonyl (C=O) groups is 1. The van der Waals surface area contributed by atoms with Gasteiger partial charge in [-0.15, -0.1) is 0 Å². The SMILES string of the molecule is COc1cc(C2(C(=O)O)CCCC2)ccc1F. The number of rotatable bonds is 3. The number of hydrogen-bond donors (Lipinski definition) is 1. The summed E-state index contributed by atoms with van der Waals surface area (Å²) in [6.07, 6.45) is 3.01. The summed E-state index contributed by atoms with van der Waals surface area (Å²) in [6, 6.07) is 4.34. The van der Waals surface area contributed by atoms with E-state index in [1.807, 2.05) is 0 Å². The number of ether oxygens (including phenoxy) is 1. The van der Waals surface area contributed by atoms with E-state index in [1.165, 1.54) is 19.2 Å². The first-order valence-corrected chi connectivity index (χ1v) is 5.67. The van der Waals surface area contributed by atoms with Crippen LogP contribution in [0.2, 0.25) is 0 Å². The molecule has 1 aliphatic rings. The van der Waals surface area contributed by atoms with E-state index >= 15 is 0 Å². The van der Waals surface area contributed by atoms with Gasteiger partial charge < -0.3 is 9.84 Å². The maximum absolute atomic E-state index is 13.3. The van der Waals surface area contributed by atoms with Crippen molar-refractivity contribution in [2.75, 3.05) is 7.11 Å². The molecule has 0 heterocycles. The maximum atomic E-state index is 13.3. The molecule has 1 aliphatic carbocycles. The molecule has 0 saturated heterocycles. The first-order chi connectivity index (χ1) is 8.10. The number of halogens is 1. The fourth-order valence-corrected chi connectivity index (χ4v) is 2.56. The van der Waals surface area contributed by atoms with E-state index in [0.29, 0.717) is 18.4 Å². The van der Waals surface area contributed by atoms with Crippen molar-refractivity contribution in [2.24, 2.45) is 0 Å². The summed E-state index contributed by atoms with van der Waals surface area (Å²) in [7, 11) is 1.38. The van der Waals surface area contributed by atoms with Crippen molar-refractivity contribution in [3.05, 3.63) is 29.6 Å². The van der Waals surface area contributed by atoms with Gasteiger partial charge in [0.15, 0.2) is 11.6 Å². The Kier molecular flexibility index (Phi) is 3.05. The minimum absolute atomic E-state index is 0.107. The third kappa shape index (κ3) is 1.88. The molecule has 17 heavy (non-hydrogen) atoms. The Morgan fingerprint density at radius 3 is 2.59 bits per heavy atom. The molecular weight excluding hydrogens is 223 g/mol. The lowest BCUT2D eigenvalue weighted by Crippen LogP contribution is -2.32. The largest absolute Gasteiger partial charge is 0.494 e. The summed E-state index contributed by atoms with van der Waals surface area (Å²) in [5, 5.41) is 9.42. The Hall–Kier alpha value is -1.58. The van der Waals surface area contributed by atoms with E-state index in [-0.39, 0.29) is 5.75 Å². The average Bonchev–Trinajstić information content (AvgIpc) is 2.80. The quantitative estimate of drug-likeness (QED) is 0.880. The second-order valence-electron chi connectivity index (χ2n) is 4.44. The van der Waals surface area contributed by atoms with Crippen molar-refractivity contribution in [2.45, 2.75) is 31.1 Å². The smallest absolute Gasteiger partial charge is 0.314 e. The Morgan fingerprint density at radius 1 is 1.41 bits per heavy atom. The van der Waals surface area contributed by atoms with Crippen LogP contribution >= 0.6 is 0 Å². The van der Waals surface area contributed by atoms with Crippen molar-refractivity contribution >= 4 is 5.97 Å². The molecule has 0 spiro atoms. The van der Waals surface area contributed by atoms with E-state index in [2.05, 4.69) is 0 Å². The second kappa shape index (κ2) is 4.35. The van der Waals surface area contributed by atoms with Crippen molar-refractivity contribution in [1.29, 1.82) is 0 Å². The van der Waals surface area contributed by atoms with Gasteiger partial charge in [0.25, 0.3) is 0 Å². The summed E-state index contributed by atoms with van der Waals surface area (Å²) >= 11 is 0. The number of hydrogen-bond acceptors (Lipinski definition) is 2. The molecule has 1 N–H and O–H groups in total. The van der Waals surface area contributed by atoms with Crippen LogP contribution in [0.15, 0.2) is 18.2 Å². The molecule has 0 amide bonds. The van der Waals surface area contributed by atoms with Crippen LogP contribution in [0.25, 0.3) is 0 Å². The zero-order valence-corrected chi connectivity index (χ0v) is 9.70. The normalized spacial score (nSPS) is 18.0. The van der Waals surface area contributed by atoms with E-state index in [9.17, 15) is 14.3 Å². The molecule has 0 unspecified atom stereocenters. The molecule has 2 rings (SSSR count). The van der Waals surface area contributed by atoms with Gasteiger partial charge >= 0.3 is 5.97 Å². The van der Waals surface area contributed by atoms with Crippen LogP contribution in [0.3, 0.4) is 0 Å². The van der Waals surface area contributed by atoms with Crippen LogP contribution in [0.1, 0.15) is 31.2 Å². The lowest BCUT2D eigenvalue weighted by molar-refractivity contribution is -0.143. The monoisotopic (exact) mass is 238 g/mol. The molecule has 1 fully saturated rings. The van der Waals surface area contributed by atoms with E-state index < -0.39 is 17.2 Å². The molecule has 92 valence electrons. The lowest BCUT2D eigenvalue weighted by atomic mass is 9.79. The molecule has 3 nitrogen and oxygen atoms in total. The molecule has 1 aromatic carbocycles. The average molecular weight is 238 g/mol.